The molecule has 140 valence electrons. The van der Waals surface area contributed by atoms with Crippen molar-refractivity contribution in [1.29, 1.82) is 0 Å². The van der Waals surface area contributed by atoms with E-state index in [0.717, 1.165) is 9.80 Å². The summed E-state index contributed by atoms with van der Waals surface area (Å²) in [5.41, 5.74) is -1.15. The third-order valence-electron chi connectivity index (χ3n) is 3.97. The lowest BCUT2D eigenvalue weighted by Crippen LogP contribution is -2.42. The molecule has 2 aromatic rings. The van der Waals surface area contributed by atoms with Crippen LogP contribution >= 0.6 is 0 Å². The summed E-state index contributed by atoms with van der Waals surface area (Å²) in [7, 11) is 0. The Balaban J connectivity index is 2.05. The van der Waals surface area contributed by atoms with E-state index in [9.17, 15) is 26.3 Å². The number of hydrogen-bond donors (Lipinski definition) is 0. The van der Waals surface area contributed by atoms with Crippen molar-refractivity contribution >= 4 is 11.4 Å². The highest BCUT2D eigenvalue weighted by molar-refractivity contribution is 5.58. The Labute approximate surface area is 145 Å². The first-order valence-corrected chi connectivity index (χ1v) is 7.77. The van der Waals surface area contributed by atoms with Crippen LogP contribution in [0.4, 0.5) is 37.7 Å². The van der Waals surface area contributed by atoms with E-state index in [0.29, 0.717) is 24.3 Å². The predicted octanol–water partition coefficient (Wildman–Crippen LogP) is 4.17. The van der Waals surface area contributed by atoms with Crippen LogP contribution in [-0.4, -0.2) is 26.0 Å². The Morgan fingerprint density at radius 3 is 1.42 bits per heavy atom. The fraction of sp³-hybridized carbons (Fsp3) is 0.294. The fourth-order valence-corrected chi connectivity index (χ4v) is 3.00. The van der Waals surface area contributed by atoms with Crippen LogP contribution in [-0.2, 0) is 4.74 Å². The van der Waals surface area contributed by atoms with Gasteiger partial charge in [0.15, 0.2) is 23.3 Å². The van der Waals surface area contributed by atoms with Crippen LogP contribution in [0.5, 0.6) is 0 Å². The third kappa shape index (κ3) is 3.18. The molecule has 1 fully saturated rings. The highest BCUT2D eigenvalue weighted by atomic mass is 19.2. The van der Waals surface area contributed by atoms with Crippen LogP contribution in [0.25, 0.3) is 0 Å². The highest BCUT2D eigenvalue weighted by Gasteiger charge is 2.38. The van der Waals surface area contributed by atoms with Crippen molar-refractivity contribution in [3.63, 3.8) is 0 Å². The van der Waals surface area contributed by atoms with E-state index in [2.05, 4.69) is 0 Å². The second-order valence-corrected chi connectivity index (χ2v) is 5.60. The lowest BCUT2D eigenvalue weighted by Gasteiger charge is -2.32. The van der Waals surface area contributed by atoms with Gasteiger partial charge in [-0.25, -0.2) is 26.3 Å². The number of rotatable bonds is 4. The minimum atomic E-state index is -1.26. The van der Waals surface area contributed by atoms with Crippen molar-refractivity contribution in [3.05, 3.63) is 59.2 Å². The lowest BCUT2D eigenvalue weighted by atomic mass is 10.2. The second-order valence-electron chi connectivity index (χ2n) is 5.60. The van der Waals surface area contributed by atoms with Gasteiger partial charge in [-0.3, -0.25) is 0 Å². The summed E-state index contributed by atoms with van der Waals surface area (Å²) < 4.78 is 88.2. The van der Waals surface area contributed by atoms with E-state index in [-0.39, 0.29) is 19.7 Å². The van der Waals surface area contributed by atoms with E-state index in [1.54, 1.807) is 6.92 Å². The molecular formula is C17H14F6N2O. The molecular weight excluding hydrogens is 362 g/mol. The molecule has 0 spiro atoms. The van der Waals surface area contributed by atoms with Crippen molar-refractivity contribution in [2.75, 3.05) is 29.5 Å². The Morgan fingerprint density at radius 1 is 0.769 bits per heavy atom. The van der Waals surface area contributed by atoms with Gasteiger partial charge in [0.05, 0.1) is 0 Å². The Hall–Kier alpha value is -2.42. The van der Waals surface area contributed by atoms with Gasteiger partial charge in [0.25, 0.3) is 0 Å². The zero-order valence-electron chi connectivity index (χ0n) is 13.6. The minimum Gasteiger partial charge on any atom is -0.341 e. The molecule has 0 atom stereocenters. The molecule has 9 heteroatoms. The molecule has 0 aliphatic carbocycles. The van der Waals surface area contributed by atoms with Gasteiger partial charge in [0.1, 0.15) is 23.0 Å². The van der Waals surface area contributed by atoms with Crippen molar-refractivity contribution in [2.24, 2.45) is 0 Å². The molecule has 26 heavy (non-hydrogen) atoms. The maximum atomic E-state index is 14.1. The SMILES string of the molecule is CCOC1N(c2c(F)cc(F)cc2F)CCN1c1c(F)cc(F)cc1F. The molecule has 1 saturated heterocycles. The van der Waals surface area contributed by atoms with Gasteiger partial charge in [-0.2, -0.15) is 0 Å². The van der Waals surface area contributed by atoms with Crippen molar-refractivity contribution < 1.29 is 31.1 Å². The van der Waals surface area contributed by atoms with Gasteiger partial charge >= 0.3 is 0 Å². The van der Waals surface area contributed by atoms with E-state index in [4.69, 9.17) is 4.74 Å². The van der Waals surface area contributed by atoms with Crippen LogP contribution in [0.15, 0.2) is 24.3 Å². The number of nitrogens with zero attached hydrogens (tertiary/aromatic N) is 2. The van der Waals surface area contributed by atoms with Crippen molar-refractivity contribution in [3.8, 4) is 0 Å². The van der Waals surface area contributed by atoms with Gasteiger partial charge in [0, 0.05) is 44.0 Å². The van der Waals surface area contributed by atoms with Gasteiger partial charge < -0.3 is 14.5 Å². The Kier molecular flexibility index (Phi) is 4.99. The van der Waals surface area contributed by atoms with Crippen molar-refractivity contribution in [1.82, 2.24) is 0 Å². The Bertz CT molecular complexity index is 719. The molecule has 1 aliphatic heterocycles. The van der Waals surface area contributed by atoms with Crippen LogP contribution in [0, 0.1) is 34.9 Å². The van der Waals surface area contributed by atoms with Crippen LogP contribution < -0.4 is 9.80 Å². The van der Waals surface area contributed by atoms with Crippen molar-refractivity contribution in [2.45, 2.75) is 13.3 Å². The number of benzene rings is 2. The van der Waals surface area contributed by atoms with Crippen LogP contribution in [0.3, 0.4) is 0 Å². The van der Waals surface area contributed by atoms with E-state index < -0.39 is 52.6 Å². The molecule has 0 N–H and O–H groups in total. The quantitative estimate of drug-likeness (QED) is 0.745. The molecule has 0 radical (unpaired) electrons. The molecule has 0 amide bonds. The van der Waals surface area contributed by atoms with E-state index in [1.165, 1.54) is 0 Å². The van der Waals surface area contributed by atoms with Gasteiger partial charge in [-0.1, -0.05) is 0 Å². The number of ether oxygens (including phenoxy) is 1. The molecule has 0 unspecified atom stereocenters. The molecule has 3 rings (SSSR count). The molecule has 1 heterocycles. The summed E-state index contributed by atoms with van der Waals surface area (Å²) in [6.07, 6.45) is -1.26. The normalized spacial score (nSPS) is 15.2. The molecule has 1 aliphatic rings. The van der Waals surface area contributed by atoms with Gasteiger partial charge in [-0.15, -0.1) is 0 Å². The monoisotopic (exact) mass is 376 g/mol. The molecule has 3 nitrogen and oxygen atoms in total. The smallest absolute Gasteiger partial charge is 0.210 e. The summed E-state index contributed by atoms with van der Waals surface area (Å²) in [6.45, 7) is 1.54. The average molecular weight is 376 g/mol. The molecule has 2 aromatic carbocycles. The number of hydrogen-bond acceptors (Lipinski definition) is 3. The highest BCUT2D eigenvalue weighted by Crippen LogP contribution is 2.35. The summed E-state index contributed by atoms with van der Waals surface area (Å²) in [5.74, 6) is -6.88. The second kappa shape index (κ2) is 7.06. The summed E-state index contributed by atoms with van der Waals surface area (Å²) in [4.78, 5) is 2.19. The van der Waals surface area contributed by atoms with Gasteiger partial charge in [-0.05, 0) is 6.92 Å². The maximum absolute atomic E-state index is 14.1. The first kappa shape index (κ1) is 18.4. The number of halogens is 6. The summed E-state index contributed by atoms with van der Waals surface area (Å²) in [5, 5.41) is 0. The molecule has 0 saturated carbocycles. The van der Waals surface area contributed by atoms with Crippen LogP contribution in [0.2, 0.25) is 0 Å². The standard InChI is InChI=1S/C17H14F6N2O/c1-2-26-17-24(15-11(20)5-9(18)6-12(15)21)3-4-25(17)16-13(22)7-10(19)8-14(16)23/h5-8,17H,2-4H2,1H3. The zero-order chi connectivity index (χ0) is 19.0. The zero-order valence-corrected chi connectivity index (χ0v) is 13.6. The molecule has 0 bridgehead atoms. The third-order valence-corrected chi connectivity index (χ3v) is 3.97. The van der Waals surface area contributed by atoms with E-state index in [1.807, 2.05) is 0 Å². The van der Waals surface area contributed by atoms with E-state index >= 15 is 0 Å². The average Bonchev–Trinajstić information content (AvgIpc) is 2.89. The maximum Gasteiger partial charge on any atom is 0.210 e. The summed E-state index contributed by atoms with van der Waals surface area (Å²) >= 11 is 0. The van der Waals surface area contributed by atoms with Gasteiger partial charge in [0.2, 0.25) is 6.35 Å². The lowest BCUT2D eigenvalue weighted by molar-refractivity contribution is 0.0713. The minimum absolute atomic E-state index is 0.0552. The predicted molar refractivity (Wildman–Crippen MR) is 82.7 cm³/mol. The first-order valence-electron chi connectivity index (χ1n) is 7.77. The largest absolute Gasteiger partial charge is 0.341 e. The topological polar surface area (TPSA) is 15.7 Å². The number of anilines is 2. The molecule has 0 aromatic heterocycles. The van der Waals surface area contributed by atoms with Crippen LogP contribution in [0.1, 0.15) is 6.92 Å². The fourth-order valence-electron chi connectivity index (χ4n) is 3.00. The summed E-state index contributed by atoms with van der Waals surface area (Å²) in [6, 6.07) is 2.01. The first-order chi connectivity index (χ1) is 12.3. The Morgan fingerprint density at radius 2 is 1.12 bits per heavy atom.